The molecule has 2 N–H and O–H groups in total. The van der Waals surface area contributed by atoms with E-state index in [9.17, 15) is 40.4 Å². The van der Waals surface area contributed by atoms with Gasteiger partial charge < -0.3 is 5.32 Å². The number of nitriles is 1. The van der Waals surface area contributed by atoms with Crippen molar-refractivity contribution < 1.29 is 39.6 Å². The second kappa shape index (κ2) is 11.9. The lowest BCUT2D eigenvalue weighted by Gasteiger charge is -2.30. The van der Waals surface area contributed by atoms with Gasteiger partial charge in [0.15, 0.2) is 9.84 Å². The van der Waals surface area contributed by atoms with E-state index >= 15 is 4.39 Å². The van der Waals surface area contributed by atoms with Gasteiger partial charge in [0.25, 0.3) is 0 Å². The lowest BCUT2D eigenvalue weighted by molar-refractivity contribution is -0.162. The number of sulfone groups is 1. The van der Waals surface area contributed by atoms with Crippen molar-refractivity contribution in [3.63, 3.8) is 0 Å². The summed E-state index contributed by atoms with van der Waals surface area (Å²) in [5.74, 6) is -4.06. The first-order chi connectivity index (χ1) is 20.3. The normalized spacial score (nSPS) is 20.0. The van der Waals surface area contributed by atoms with Gasteiger partial charge >= 0.3 is 6.18 Å². The highest BCUT2D eigenvalue weighted by Crippen LogP contribution is 2.54. The fourth-order valence-electron chi connectivity index (χ4n) is 5.27. The number of nitrogens with zero attached hydrogens (tertiary/aromatic N) is 1. The molecule has 3 aromatic rings. The molecule has 3 aromatic carbocycles. The summed E-state index contributed by atoms with van der Waals surface area (Å²) < 4.78 is 109. The second-order valence-electron chi connectivity index (χ2n) is 11.4. The van der Waals surface area contributed by atoms with Crippen LogP contribution in [0.4, 0.5) is 26.3 Å². The molecule has 0 bridgehead atoms. The van der Waals surface area contributed by atoms with E-state index in [1.165, 1.54) is 48.5 Å². The Kier molecular flexibility index (Phi) is 8.92. The lowest BCUT2D eigenvalue weighted by Crippen LogP contribution is -2.55. The SMILES string of the molecule is CC(C)(F)C1CC1(N[C@@H](c1ccc(-c2ccc(S(C)(=O)=O)cc2)cc1)C(F)(F)F)C(=O)NC(C#N)Cc1ccc(F)cc1F. The molecule has 0 heterocycles. The first-order valence-corrected chi connectivity index (χ1v) is 15.3. The maximum Gasteiger partial charge on any atom is 0.407 e. The Bertz CT molecular complexity index is 1680. The van der Waals surface area contributed by atoms with Crippen LogP contribution in [0.1, 0.15) is 37.4 Å². The summed E-state index contributed by atoms with van der Waals surface area (Å²) in [6, 6.07) is 11.6. The van der Waals surface area contributed by atoms with Crippen LogP contribution in [0.3, 0.4) is 0 Å². The van der Waals surface area contributed by atoms with Crippen molar-refractivity contribution in [1.82, 2.24) is 10.6 Å². The third-order valence-electron chi connectivity index (χ3n) is 7.68. The first kappa shape index (κ1) is 33.0. The highest BCUT2D eigenvalue weighted by atomic mass is 32.2. The van der Waals surface area contributed by atoms with Gasteiger partial charge in [-0.25, -0.2) is 21.6 Å². The maximum absolute atomic E-state index is 15.1. The molecule has 0 saturated heterocycles. The highest BCUT2D eigenvalue weighted by molar-refractivity contribution is 7.90. The van der Waals surface area contributed by atoms with E-state index in [1.807, 2.05) is 0 Å². The summed E-state index contributed by atoms with van der Waals surface area (Å²) >= 11 is 0. The topological polar surface area (TPSA) is 99.1 Å². The predicted octanol–water partition coefficient (Wildman–Crippen LogP) is 5.99. The van der Waals surface area contributed by atoms with E-state index in [2.05, 4.69) is 10.6 Å². The zero-order valence-electron chi connectivity index (χ0n) is 23.8. The van der Waals surface area contributed by atoms with Gasteiger partial charge in [-0.15, -0.1) is 0 Å². The van der Waals surface area contributed by atoms with E-state index in [4.69, 9.17) is 0 Å². The Morgan fingerprint density at radius 1 is 1.00 bits per heavy atom. The quantitative estimate of drug-likeness (QED) is 0.267. The number of hydrogen-bond acceptors (Lipinski definition) is 5. The fourth-order valence-corrected chi connectivity index (χ4v) is 5.90. The Morgan fingerprint density at radius 3 is 2.02 bits per heavy atom. The van der Waals surface area contributed by atoms with Gasteiger partial charge in [-0.2, -0.15) is 18.4 Å². The summed E-state index contributed by atoms with van der Waals surface area (Å²) in [5, 5.41) is 14.2. The van der Waals surface area contributed by atoms with Crippen LogP contribution in [-0.2, 0) is 21.1 Å². The van der Waals surface area contributed by atoms with Crippen LogP contribution in [0, 0.1) is 28.9 Å². The highest BCUT2D eigenvalue weighted by Gasteiger charge is 2.68. The molecule has 13 heteroatoms. The minimum atomic E-state index is -4.93. The van der Waals surface area contributed by atoms with E-state index in [0.29, 0.717) is 17.2 Å². The molecule has 0 radical (unpaired) electrons. The molecule has 4 rings (SSSR count). The number of benzene rings is 3. The van der Waals surface area contributed by atoms with Crippen LogP contribution in [0.25, 0.3) is 11.1 Å². The summed E-state index contributed by atoms with van der Waals surface area (Å²) in [6.45, 7) is 2.27. The van der Waals surface area contributed by atoms with Gasteiger partial charge in [-0.1, -0.05) is 42.5 Å². The molecule has 1 fully saturated rings. The molecule has 1 saturated carbocycles. The predicted molar refractivity (Wildman–Crippen MR) is 151 cm³/mol. The fraction of sp³-hybridized carbons (Fsp3) is 0.355. The number of carbonyl (C=O) groups is 1. The Hall–Kier alpha value is -3.89. The van der Waals surface area contributed by atoms with Crippen molar-refractivity contribution in [2.24, 2.45) is 5.92 Å². The molecule has 0 spiro atoms. The molecule has 1 amide bonds. The molecule has 0 aliphatic heterocycles. The molecule has 1 aliphatic rings. The van der Waals surface area contributed by atoms with E-state index < -0.39 is 69.2 Å². The van der Waals surface area contributed by atoms with Crippen molar-refractivity contribution >= 4 is 15.7 Å². The zero-order valence-corrected chi connectivity index (χ0v) is 24.7. The molecular weight excluding hydrogens is 608 g/mol. The van der Waals surface area contributed by atoms with Crippen LogP contribution in [0.2, 0.25) is 0 Å². The molecule has 1 aliphatic carbocycles. The number of amides is 1. The van der Waals surface area contributed by atoms with Crippen molar-refractivity contribution in [3.05, 3.63) is 89.5 Å². The molecule has 6 nitrogen and oxygen atoms in total. The molecule has 234 valence electrons. The number of nitrogens with one attached hydrogen (secondary N) is 2. The van der Waals surface area contributed by atoms with Gasteiger partial charge in [0.1, 0.15) is 34.9 Å². The average molecular weight is 638 g/mol. The lowest BCUT2D eigenvalue weighted by atomic mass is 9.96. The van der Waals surface area contributed by atoms with Gasteiger partial charge in [0, 0.05) is 24.7 Å². The summed E-state index contributed by atoms with van der Waals surface area (Å²) in [5.41, 5.74) is -3.44. The standard InChI is InChI=1S/C31H29F6N3O3S/c1-29(2,34)26-16-30(26,28(41)39-23(17-38)14-21-8-11-22(32)15-25(21)33)40-27(31(35,36)37)20-6-4-18(5-7-20)19-9-12-24(13-10-19)44(3,42)43/h4-13,15,23,26-27,40H,14,16H2,1-3H3,(H,39,41)/t23?,26?,27-,30?/m0/s1. The van der Waals surface area contributed by atoms with Gasteiger partial charge in [0.05, 0.1) is 11.0 Å². The average Bonchev–Trinajstić information content (AvgIpc) is 3.69. The van der Waals surface area contributed by atoms with Gasteiger partial charge in [-0.3, -0.25) is 10.1 Å². The smallest absolute Gasteiger partial charge is 0.338 e. The summed E-state index contributed by atoms with van der Waals surface area (Å²) in [6.07, 6.45) is -4.58. The minimum Gasteiger partial charge on any atom is -0.338 e. The van der Waals surface area contributed by atoms with Crippen LogP contribution in [0.5, 0.6) is 0 Å². The van der Waals surface area contributed by atoms with Crippen LogP contribution in [0.15, 0.2) is 71.6 Å². The zero-order chi connectivity index (χ0) is 32.7. The van der Waals surface area contributed by atoms with Gasteiger partial charge in [0.2, 0.25) is 5.91 Å². The van der Waals surface area contributed by atoms with Crippen molar-refractivity contribution in [2.45, 2.75) is 61.1 Å². The number of carbonyl (C=O) groups excluding carboxylic acids is 1. The molecule has 44 heavy (non-hydrogen) atoms. The van der Waals surface area contributed by atoms with Crippen molar-refractivity contribution in [3.8, 4) is 17.2 Å². The largest absolute Gasteiger partial charge is 0.407 e. The van der Waals surface area contributed by atoms with Crippen molar-refractivity contribution in [2.75, 3.05) is 6.26 Å². The van der Waals surface area contributed by atoms with Crippen molar-refractivity contribution in [1.29, 1.82) is 5.26 Å². The Balaban J connectivity index is 1.60. The van der Waals surface area contributed by atoms with Crippen LogP contribution in [-0.4, -0.2) is 44.0 Å². The third-order valence-corrected chi connectivity index (χ3v) is 8.81. The van der Waals surface area contributed by atoms with E-state index in [0.717, 1.165) is 32.2 Å². The van der Waals surface area contributed by atoms with Crippen LogP contribution >= 0.6 is 0 Å². The number of rotatable bonds is 10. The Morgan fingerprint density at radius 2 is 1.57 bits per heavy atom. The van der Waals surface area contributed by atoms with E-state index in [-0.39, 0.29) is 22.4 Å². The third kappa shape index (κ3) is 7.25. The Labute approximate surface area is 251 Å². The second-order valence-corrected chi connectivity index (χ2v) is 13.4. The maximum atomic E-state index is 15.1. The first-order valence-electron chi connectivity index (χ1n) is 13.4. The molecule has 0 aromatic heterocycles. The molecular formula is C31H29F6N3O3S. The number of halogens is 6. The van der Waals surface area contributed by atoms with Crippen LogP contribution < -0.4 is 10.6 Å². The monoisotopic (exact) mass is 637 g/mol. The van der Waals surface area contributed by atoms with E-state index in [1.54, 1.807) is 6.07 Å². The number of hydrogen-bond donors (Lipinski definition) is 2. The van der Waals surface area contributed by atoms with Gasteiger partial charge in [-0.05, 0) is 60.7 Å². The minimum absolute atomic E-state index is 0.0824. The summed E-state index contributed by atoms with van der Waals surface area (Å²) in [7, 11) is -3.44. The summed E-state index contributed by atoms with van der Waals surface area (Å²) in [4.78, 5) is 13.5. The molecule has 3 unspecified atom stereocenters. The number of alkyl halides is 4. The molecule has 4 atom stereocenters.